The monoisotopic (exact) mass is 367 g/mol. The van der Waals surface area contributed by atoms with Gasteiger partial charge in [0.1, 0.15) is 12.1 Å². The molecule has 140 valence electrons. The van der Waals surface area contributed by atoms with Gasteiger partial charge in [-0.2, -0.15) is 18.4 Å². The van der Waals surface area contributed by atoms with Gasteiger partial charge in [0.15, 0.2) is 0 Å². The standard InChI is InChI=1S/C18H20F3N3O2/c1-17(11-22,8-7-13-5-3-2-4-6-13)23-16(26)14-9-15(25)24(10-14)12-18(19,20)21/h2-6,14H,7-10,12H2,1H3,(H,23,26)/t14-,17-/m0/s1. The largest absolute Gasteiger partial charge is 0.406 e. The van der Waals surface area contributed by atoms with E-state index in [9.17, 15) is 28.0 Å². The number of likely N-dealkylation sites (tertiary alicyclic amines) is 1. The van der Waals surface area contributed by atoms with E-state index in [-0.39, 0.29) is 13.0 Å². The zero-order valence-electron chi connectivity index (χ0n) is 14.3. The fourth-order valence-electron chi connectivity index (χ4n) is 2.88. The lowest BCUT2D eigenvalue weighted by Crippen LogP contribution is -2.48. The normalized spacial score (nSPS) is 19.7. The molecule has 2 rings (SSSR count). The van der Waals surface area contributed by atoms with Crippen molar-refractivity contribution >= 4 is 11.8 Å². The minimum absolute atomic E-state index is 0.276. The van der Waals surface area contributed by atoms with Crippen molar-refractivity contribution in [1.29, 1.82) is 5.26 Å². The first-order valence-corrected chi connectivity index (χ1v) is 8.23. The fourth-order valence-corrected chi connectivity index (χ4v) is 2.88. The molecule has 0 aromatic heterocycles. The van der Waals surface area contributed by atoms with Gasteiger partial charge in [0.2, 0.25) is 11.8 Å². The summed E-state index contributed by atoms with van der Waals surface area (Å²) < 4.78 is 37.4. The van der Waals surface area contributed by atoms with Gasteiger partial charge >= 0.3 is 6.18 Å². The molecule has 1 heterocycles. The number of nitrogens with zero attached hydrogens (tertiary/aromatic N) is 2. The van der Waals surface area contributed by atoms with Crippen molar-refractivity contribution in [2.45, 2.75) is 37.9 Å². The molecule has 1 fully saturated rings. The van der Waals surface area contributed by atoms with Gasteiger partial charge in [-0.3, -0.25) is 9.59 Å². The summed E-state index contributed by atoms with van der Waals surface area (Å²) in [6.45, 7) is -0.0817. The third-order valence-electron chi connectivity index (χ3n) is 4.36. The van der Waals surface area contributed by atoms with Crippen LogP contribution < -0.4 is 5.32 Å². The number of halogens is 3. The summed E-state index contributed by atoms with van der Waals surface area (Å²) in [5.41, 5.74) is -0.149. The van der Waals surface area contributed by atoms with E-state index < -0.39 is 36.0 Å². The van der Waals surface area contributed by atoms with Crippen LogP contribution in [0, 0.1) is 17.2 Å². The van der Waals surface area contributed by atoms with Gasteiger partial charge in [-0.25, -0.2) is 0 Å². The summed E-state index contributed by atoms with van der Waals surface area (Å²) >= 11 is 0. The molecule has 2 atom stereocenters. The maximum absolute atomic E-state index is 12.5. The molecule has 0 aliphatic carbocycles. The summed E-state index contributed by atoms with van der Waals surface area (Å²) in [5, 5.41) is 12.0. The number of nitriles is 1. The lowest BCUT2D eigenvalue weighted by atomic mass is 9.93. The Morgan fingerprint density at radius 3 is 2.58 bits per heavy atom. The molecule has 0 unspecified atom stereocenters. The van der Waals surface area contributed by atoms with E-state index in [1.807, 2.05) is 30.3 Å². The van der Waals surface area contributed by atoms with Crippen molar-refractivity contribution in [1.82, 2.24) is 10.2 Å². The first-order chi connectivity index (χ1) is 12.1. The molecule has 0 bridgehead atoms. The Kier molecular flexibility index (Phi) is 5.90. The highest BCUT2D eigenvalue weighted by atomic mass is 19.4. The lowest BCUT2D eigenvalue weighted by molar-refractivity contribution is -0.157. The van der Waals surface area contributed by atoms with E-state index >= 15 is 0 Å². The maximum atomic E-state index is 12.5. The number of carbonyl (C=O) groups is 2. The summed E-state index contributed by atoms with van der Waals surface area (Å²) in [4.78, 5) is 24.7. The molecular weight excluding hydrogens is 347 g/mol. The van der Waals surface area contributed by atoms with Gasteiger partial charge in [-0.1, -0.05) is 30.3 Å². The van der Waals surface area contributed by atoms with Crippen LogP contribution in [-0.4, -0.2) is 41.5 Å². The van der Waals surface area contributed by atoms with E-state index in [2.05, 4.69) is 11.4 Å². The summed E-state index contributed by atoms with van der Waals surface area (Å²) in [7, 11) is 0. The van der Waals surface area contributed by atoms with Crippen LogP contribution in [0.2, 0.25) is 0 Å². The number of benzene rings is 1. The second-order valence-corrected chi connectivity index (χ2v) is 6.71. The van der Waals surface area contributed by atoms with Crippen LogP contribution in [0.15, 0.2) is 30.3 Å². The predicted molar refractivity (Wildman–Crippen MR) is 87.7 cm³/mol. The molecule has 1 saturated heterocycles. The van der Waals surface area contributed by atoms with Crippen LogP contribution in [0.1, 0.15) is 25.3 Å². The van der Waals surface area contributed by atoms with Crippen molar-refractivity contribution in [3.8, 4) is 6.07 Å². The maximum Gasteiger partial charge on any atom is 0.406 e. The highest BCUT2D eigenvalue weighted by Gasteiger charge is 2.41. The molecule has 0 saturated carbocycles. The molecular formula is C18H20F3N3O2. The Morgan fingerprint density at radius 1 is 1.35 bits per heavy atom. The molecule has 1 aromatic rings. The van der Waals surface area contributed by atoms with Gasteiger partial charge in [-0.05, 0) is 25.3 Å². The number of rotatable bonds is 6. The van der Waals surface area contributed by atoms with Crippen LogP contribution in [-0.2, 0) is 16.0 Å². The second kappa shape index (κ2) is 7.77. The smallest absolute Gasteiger partial charge is 0.338 e. The molecule has 1 aromatic carbocycles. The van der Waals surface area contributed by atoms with Gasteiger partial charge in [-0.15, -0.1) is 0 Å². The Labute approximate surface area is 149 Å². The van der Waals surface area contributed by atoms with E-state index in [1.165, 1.54) is 0 Å². The number of hydrogen-bond donors (Lipinski definition) is 1. The summed E-state index contributed by atoms with van der Waals surface area (Å²) in [5.74, 6) is -2.15. The second-order valence-electron chi connectivity index (χ2n) is 6.71. The third kappa shape index (κ3) is 5.48. The Bertz CT molecular complexity index is 700. The van der Waals surface area contributed by atoms with Crippen molar-refractivity contribution in [3.05, 3.63) is 35.9 Å². The highest BCUT2D eigenvalue weighted by molar-refractivity contribution is 5.89. The SMILES string of the molecule is C[C@@](C#N)(CCc1ccccc1)NC(=O)[C@H]1CC(=O)N(CC(F)(F)F)C1. The Morgan fingerprint density at radius 2 is 2.00 bits per heavy atom. The Balaban J connectivity index is 1.94. The fraction of sp³-hybridized carbons (Fsp3) is 0.500. The van der Waals surface area contributed by atoms with Crippen molar-refractivity contribution in [2.24, 2.45) is 5.92 Å². The summed E-state index contributed by atoms with van der Waals surface area (Å²) in [6, 6.07) is 11.5. The van der Waals surface area contributed by atoms with E-state index in [0.29, 0.717) is 17.7 Å². The summed E-state index contributed by atoms with van der Waals surface area (Å²) in [6.07, 6.45) is -3.86. The lowest BCUT2D eigenvalue weighted by Gasteiger charge is -2.25. The molecule has 0 radical (unpaired) electrons. The van der Waals surface area contributed by atoms with Crippen molar-refractivity contribution in [3.63, 3.8) is 0 Å². The molecule has 2 amide bonds. The van der Waals surface area contributed by atoms with E-state index in [1.54, 1.807) is 6.92 Å². The highest BCUT2D eigenvalue weighted by Crippen LogP contribution is 2.25. The average molecular weight is 367 g/mol. The van der Waals surface area contributed by atoms with Crippen LogP contribution in [0.25, 0.3) is 0 Å². The van der Waals surface area contributed by atoms with Gasteiger partial charge in [0.25, 0.3) is 0 Å². The first-order valence-electron chi connectivity index (χ1n) is 8.23. The molecule has 1 aliphatic rings. The van der Waals surface area contributed by atoms with Crippen molar-refractivity contribution in [2.75, 3.05) is 13.1 Å². The molecule has 8 heteroatoms. The molecule has 1 N–H and O–H groups in total. The topological polar surface area (TPSA) is 73.2 Å². The number of amides is 2. The van der Waals surface area contributed by atoms with Crippen LogP contribution in [0.4, 0.5) is 13.2 Å². The van der Waals surface area contributed by atoms with Gasteiger partial charge in [0.05, 0.1) is 12.0 Å². The minimum atomic E-state index is -4.50. The first kappa shape index (κ1) is 19.8. The number of carbonyl (C=O) groups excluding carboxylic acids is 2. The predicted octanol–water partition coefficient (Wildman–Crippen LogP) is 2.43. The van der Waals surface area contributed by atoms with Crippen LogP contribution >= 0.6 is 0 Å². The number of alkyl halides is 3. The van der Waals surface area contributed by atoms with Crippen LogP contribution in [0.5, 0.6) is 0 Å². The zero-order valence-corrected chi connectivity index (χ0v) is 14.3. The molecule has 1 aliphatic heterocycles. The number of aryl methyl sites for hydroxylation is 1. The molecule has 0 spiro atoms. The van der Waals surface area contributed by atoms with Gasteiger partial charge < -0.3 is 10.2 Å². The van der Waals surface area contributed by atoms with E-state index in [4.69, 9.17) is 0 Å². The third-order valence-corrected chi connectivity index (χ3v) is 4.36. The molecule has 26 heavy (non-hydrogen) atoms. The molecule has 5 nitrogen and oxygen atoms in total. The van der Waals surface area contributed by atoms with Crippen molar-refractivity contribution < 1.29 is 22.8 Å². The van der Waals surface area contributed by atoms with Gasteiger partial charge in [0, 0.05) is 13.0 Å². The zero-order chi connectivity index (χ0) is 19.4. The minimum Gasteiger partial charge on any atom is -0.338 e. The number of nitrogens with one attached hydrogen (secondary N) is 1. The average Bonchev–Trinajstić information content (AvgIpc) is 2.93. The number of hydrogen-bond acceptors (Lipinski definition) is 3. The quantitative estimate of drug-likeness (QED) is 0.839. The van der Waals surface area contributed by atoms with Crippen LogP contribution in [0.3, 0.4) is 0 Å². The Hall–Kier alpha value is -2.56. The van der Waals surface area contributed by atoms with E-state index in [0.717, 1.165) is 5.56 Å².